The summed E-state index contributed by atoms with van der Waals surface area (Å²) >= 11 is 1.29. The van der Waals surface area contributed by atoms with Crippen LogP contribution in [-0.2, 0) is 34.9 Å². The predicted octanol–water partition coefficient (Wildman–Crippen LogP) is -1.51. The van der Waals surface area contributed by atoms with Crippen molar-refractivity contribution in [2.75, 3.05) is 0 Å². The van der Waals surface area contributed by atoms with E-state index in [-0.39, 0.29) is 82.1 Å². The number of rotatable bonds is 0. The minimum absolute atomic E-state index is 0. The molecule has 2 radical (unpaired) electrons. The molecule has 0 bridgehead atoms. The van der Waals surface area contributed by atoms with E-state index in [1.807, 2.05) is 0 Å². The van der Waals surface area contributed by atoms with Crippen molar-refractivity contribution in [1.82, 2.24) is 0 Å². The Balaban J connectivity index is -0.00000000167. The van der Waals surface area contributed by atoms with Gasteiger partial charge in [-0.1, -0.05) is 0 Å². The quantitative estimate of drug-likeness (QED) is 0.340. The molecular formula is H6CaFePPbZn. The zero-order valence-corrected chi connectivity index (χ0v) is 13.1. The summed E-state index contributed by atoms with van der Waals surface area (Å²) in [5.74, 6) is 0. The van der Waals surface area contributed by atoms with Gasteiger partial charge in [0.05, 0.1) is 0 Å². The van der Waals surface area contributed by atoms with E-state index in [1.54, 1.807) is 0 Å². The molecule has 0 heterocycles. The Labute approximate surface area is 105 Å². The van der Waals surface area contributed by atoms with Gasteiger partial charge in [-0.2, -0.15) is 0 Å². The molecule has 0 fully saturated rings. The van der Waals surface area contributed by atoms with Crippen molar-refractivity contribution in [3.05, 3.63) is 0 Å². The first-order valence-electron chi connectivity index (χ1n) is 0.408. The van der Waals surface area contributed by atoms with Crippen molar-refractivity contribution in [1.29, 1.82) is 0 Å². The average Bonchev–Trinajstić information content (AvgIpc) is 1.00. The van der Waals surface area contributed by atoms with Gasteiger partial charge in [-0.05, 0) is 0 Å². The summed E-state index contributed by atoms with van der Waals surface area (Å²) in [6, 6.07) is 0. The van der Waals surface area contributed by atoms with Crippen molar-refractivity contribution in [2.45, 2.75) is 0 Å². The van der Waals surface area contributed by atoms with Crippen LogP contribution in [0.5, 0.6) is 0 Å². The molecule has 0 spiro atoms. The molecule has 0 aliphatic rings. The van der Waals surface area contributed by atoms with Crippen LogP contribution < -0.4 is 0 Å². The molecule has 5 heteroatoms. The molecule has 0 saturated carbocycles. The van der Waals surface area contributed by atoms with Crippen LogP contribution in [0.25, 0.3) is 0 Å². The topological polar surface area (TPSA) is 0 Å². The van der Waals surface area contributed by atoms with E-state index in [0.717, 1.165) is 0 Å². The second kappa shape index (κ2) is 25.1. The van der Waals surface area contributed by atoms with Gasteiger partial charge in [0.25, 0.3) is 0 Å². The van der Waals surface area contributed by atoms with Crippen molar-refractivity contribution >= 4 is 72.6 Å². The van der Waals surface area contributed by atoms with Crippen LogP contribution in [0.1, 0.15) is 0 Å². The molecule has 0 amide bonds. The van der Waals surface area contributed by atoms with Crippen molar-refractivity contribution in [2.24, 2.45) is 0 Å². The summed E-state index contributed by atoms with van der Waals surface area (Å²) in [6.07, 6.45) is 0. The van der Waals surface area contributed by atoms with E-state index in [4.69, 9.17) is 0 Å². The number of hydrogen-bond donors (Lipinski definition) is 0. The average molecular weight is 406 g/mol. The van der Waals surface area contributed by atoms with Gasteiger partial charge in [0.1, 0.15) is 0 Å². The Morgan fingerprint density at radius 3 is 1.20 bits per heavy atom. The summed E-state index contributed by atoms with van der Waals surface area (Å²) in [6.45, 7) is 0. The van der Waals surface area contributed by atoms with Crippen molar-refractivity contribution in [3.63, 3.8) is 0 Å². The first-order valence-corrected chi connectivity index (χ1v) is 6.36. The van der Waals surface area contributed by atoms with E-state index in [0.29, 0.717) is 0 Å². The molecule has 0 aromatic heterocycles. The van der Waals surface area contributed by atoms with Crippen LogP contribution in [0, 0.1) is 0 Å². The van der Waals surface area contributed by atoms with Crippen LogP contribution >= 0.6 is 7.57 Å². The molecule has 0 aromatic rings. The minimum atomic E-state index is 0. The summed E-state index contributed by atoms with van der Waals surface area (Å²) in [7, 11) is 2.54. The van der Waals surface area contributed by atoms with E-state index in [2.05, 4.69) is 7.57 Å². The normalized spacial score (nSPS) is 1.40. The van der Waals surface area contributed by atoms with Crippen LogP contribution in [0.3, 0.4) is 0 Å². The Kier molecular flexibility index (Phi) is 117. The molecule has 0 aliphatic heterocycles. The van der Waals surface area contributed by atoms with Gasteiger partial charge in [0.2, 0.25) is 0 Å². The molecular weight excluding hydrogens is 399 g/mol. The summed E-state index contributed by atoms with van der Waals surface area (Å²) in [5.41, 5.74) is 0. The Morgan fingerprint density at radius 1 is 1.20 bits per heavy atom. The molecule has 0 aromatic carbocycles. The van der Waals surface area contributed by atoms with Crippen molar-refractivity contribution < 1.29 is 34.9 Å². The molecule has 1 unspecified atom stereocenters. The standard InChI is InChI=1S/Ca.Fe.H2P.Pb.Zn.4H/h;;1H2;;;;;;/q;;-1;;+1;;;;. The molecule has 0 N–H and O–H groups in total. The zero-order valence-electron chi connectivity index (χ0n) is 2.35. The summed E-state index contributed by atoms with van der Waals surface area (Å²) in [4.78, 5) is 0. The fourth-order valence-corrected chi connectivity index (χ4v) is 0. The van der Waals surface area contributed by atoms with Crippen LogP contribution in [-0.4, -0.2) is 65.0 Å². The van der Waals surface area contributed by atoms with Crippen molar-refractivity contribution in [3.8, 4) is 0 Å². The van der Waals surface area contributed by atoms with Crippen LogP contribution in [0.2, 0.25) is 0 Å². The van der Waals surface area contributed by atoms with Gasteiger partial charge in [-0.3, -0.25) is 0 Å². The molecule has 0 aliphatic carbocycles. The van der Waals surface area contributed by atoms with E-state index in [1.165, 1.54) is 17.8 Å². The third-order valence-corrected chi connectivity index (χ3v) is 0. The van der Waals surface area contributed by atoms with Gasteiger partial charge in [0.15, 0.2) is 0 Å². The maximum absolute atomic E-state index is 2.54. The molecule has 0 saturated heterocycles. The molecule has 1 atom stereocenters. The first-order chi connectivity index (χ1) is 1.00. The summed E-state index contributed by atoms with van der Waals surface area (Å²) in [5, 5.41) is 0. The Bertz CT molecular complexity index is 11.6. The fraction of sp³-hybridized carbons (Fsp3) is 0. The van der Waals surface area contributed by atoms with Crippen LogP contribution in [0.4, 0.5) is 0 Å². The van der Waals surface area contributed by atoms with Gasteiger partial charge in [-0.15, -0.1) is 0 Å². The number of hydrogen-bond acceptors (Lipinski definition) is 0. The maximum atomic E-state index is 2.54. The summed E-state index contributed by atoms with van der Waals surface area (Å²) < 4.78 is 0. The predicted molar refractivity (Wildman–Crippen MR) is 26.8 cm³/mol. The van der Waals surface area contributed by atoms with Gasteiger partial charge in [0, 0.05) is 17.1 Å². The molecule has 27 valence electrons. The second-order valence-corrected chi connectivity index (χ2v) is 0. The SMILES string of the molecule is [CaH2].[Fe].[PH2][Zn].[PbH2]. The van der Waals surface area contributed by atoms with E-state index < -0.39 is 0 Å². The monoisotopic (exact) mass is 405 g/mol. The molecule has 5 heavy (non-hydrogen) atoms. The second-order valence-electron chi connectivity index (χ2n) is 0. The van der Waals surface area contributed by atoms with Crippen LogP contribution in [0.15, 0.2) is 0 Å². The first kappa shape index (κ1) is 23.3. The molecule has 0 nitrogen and oxygen atoms in total. The molecule has 0 rings (SSSR count). The third-order valence-electron chi connectivity index (χ3n) is 0. The fourth-order valence-electron chi connectivity index (χ4n) is 0. The van der Waals surface area contributed by atoms with Gasteiger partial charge < -0.3 is 0 Å². The third kappa shape index (κ3) is 18.2. The van der Waals surface area contributed by atoms with E-state index in [9.17, 15) is 0 Å². The Hall–Kier alpha value is 3.75. The van der Waals surface area contributed by atoms with Gasteiger partial charge >= 0.3 is 90.4 Å². The Morgan fingerprint density at radius 2 is 1.20 bits per heavy atom. The zero-order chi connectivity index (χ0) is 2.00. The van der Waals surface area contributed by atoms with E-state index >= 15 is 0 Å². The van der Waals surface area contributed by atoms with Gasteiger partial charge in [-0.25, -0.2) is 0 Å².